The molecule has 2 atom stereocenters. The number of allylic oxidation sites excluding steroid dienone is 1. The molecule has 0 aromatic heterocycles. The van der Waals surface area contributed by atoms with E-state index in [9.17, 15) is 4.55 Å². The molecule has 0 spiro atoms. The van der Waals surface area contributed by atoms with E-state index >= 15 is 0 Å². The Kier molecular flexibility index (Phi) is 6.71. The molecule has 2 unspecified atom stereocenters. The van der Waals surface area contributed by atoms with Gasteiger partial charge >= 0.3 is 0 Å². The molecule has 0 fully saturated rings. The van der Waals surface area contributed by atoms with Crippen molar-refractivity contribution in [3.05, 3.63) is 11.8 Å². The highest BCUT2D eigenvalue weighted by Gasteiger charge is 2.29. The molecule has 0 saturated heterocycles. The van der Waals surface area contributed by atoms with E-state index in [2.05, 4.69) is 9.71 Å². The van der Waals surface area contributed by atoms with Crippen LogP contribution in [0.2, 0.25) is 0 Å². The molecule has 16 heavy (non-hydrogen) atoms. The molecule has 0 saturated carbocycles. The highest BCUT2D eigenvalue weighted by atomic mass is 32.2. The summed E-state index contributed by atoms with van der Waals surface area (Å²) >= 11 is -1.11. The number of nitrogens with zero attached hydrogens (tertiary/aromatic N) is 1. The molecular weight excluding hydrogens is 222 g/mol. The normalized spacial score (nSPS) is 17.8. The van der Waals surface area contributed by atoms with Crippen LogP contribution in [0, 0.1) is 0 Å². The Balaban J connectivity index is 4.52. The van der Waals surface area contributed by atoms with Gasteiger partial charge in [-0.3, -0.25) is 4.99 Å². The van der Waals surface area contributed by atoms with E-state index < -0.39 is 11.4 Å². The molecule has 3 N–H and O–H groups in total. The van der Waals surface area contributed by atoms with Crippen molar-refractivity contribution in [1.29, 1.82) is 0 Å². The van der Waals surface area contributed by atoms with Crippen LogP contribution in [0.1, 0.15) is 34.1 Å². The summed E-state index contributed by atoms with van der Waals surface area (Å²) in [6.07, 6.45) is 4.17. The van der Waals surface area contributed by atoms with Gasteiger partial charge in [-0.2, -0.15) is 0 Å². The molecule has 0 aliphatic rings. The van der Waals surface area contributed by atoms with Crippen LogP contribution in [0.4, 0.5) is 0 Å². The lowest BCUT2D eigenvalue weighted by atomic mass is 10.2. The minimum absolute atomic E-state index is 0.0712. The minimum Gasteiger partial charge on any atom is -0.598 e. The Morgan fingerprint density at radius 3 is 2.50 bits per heavy atom. The first-order valence-electron chi connectivity index (χ1n) is 5.38. The Morgan fingerprint density at radius 1 is 1.56 bits per heavy atom. The minimum atomic E-state index is -1.11. The van der Waals surface area contributed by atoms with Gasteiger partial charge < -0.3 is 10.3 Å². The van der Waals surface area contributed by atoms with E-state index in [-0.39, 0.29) is 10.8 Å². The van der Waals surface area contributed by atoms with Crippen LogP contribution in [0.3, 0.4) is 0 Å². The molecule has 0 aliphatic carbocycles. The third kappa shape index (κ3) is 5.53. The van der Waals surface area contributed by atoms with E-state index in [0.717, 1.165) is 6.42 Å². The maximum absolute atomic E-state index is 11.9. The third-order valence-electron chi connectivity index (χ3n) is 2.03. The van der Waals surface area contributed by atoms with Crippen molar-refractivity contribution in [2.75, 3.05) is 7.05 Å². The van der Waals surface area contributed by atoms with Gasteiger partial charge in [-0.05, 0) is 33.3 Å². The zero-order valence-corrected chi connectivity index (χ0v) is 11.6. The van der Waals surface area contributed by atoms with Crippen molar-refractivity contribution >= 4 is 17.6 Å². The Labute approximate surface area is 102 Å². The molecule has 0 amide bonds. The number of nitrogens with one attached hydrogen (secondary N) is 1. The fourth-order valence-electron chi connectivity index (χ4n) is 0.970. The Morgan fingerprint density at radius 2 is 2.12 bits per heavy atom. The SMILES string of the molecule is CCC(N[S+]([O-])C(C)(C)C)C(N)=CC=NC. The molecule has 0 aliphatic heterocycles. The molecule has 0 rings (SSSR count). The standard InChI is InChI=1S/C11H23N3OS/c1-6-10(9(12)7-8-13-5)14-16(15)11(2,3)4/h7-8,10,14H,6,12H2,1-5H3. The lowest BCUT2D eigenvalue weighted by molar-refractivity contribution is 0.527. The van der Waals surface area contributed by atoms with Gasteiger partial charge in [-0.1, -0.05) is 6.92 Å². The maximum atomic E-state index is 11.9. The van der Waals surface area contributed by atoms with Gasteiger partial charge in [-0.15, -0.1) is 4.72 Å². The molecule has 0 heterocycles. The highest BCUT2D eigenvalue weighted by Crippen LogP contribution is 2.15. The second-order valence-corrected chi connectivity index (χ2v) is 6.53. The summed E-state index contributed by atoms with van der Waals surface area (Å²) in [5, 5.41) is 0. The van der Waals surface area contributed by atoms with Gasteiger partial charge in [-0.25, -0.2) is 0 Å². The van der Waals surface area contributed by atoms with Gasteiger partial charge in [0.15, 0.2) is 0 Å². The number of aliphatic imine (C=N–C) groups is 1. The van der Waals surface area contributed by atoms with E-state index in [0.29, 0.717) is 5.70 Å². The van der Waals surface area contributed by atoms with Crippen LogP contribution in [0.25, 0.3) is 0 Å². The van der Waals surface area contributed by atoms with Crippen LogP contribution in [-0.2, 0) is 11.4 Å². The monoisotopic (exact) mass is 245 g/mol. The van der Waals surface area contributed by atoms with E-state index in [1.807, 2.05) is 27.7 Å². The third-order valence-corrected chi connectivity index (χ3v) is 3.64. The zero-order chi connectivity index (χ0) is 12.8. The molecule has 4 nitrogen and oxygen atoms in total. The molecule has 0 aromatic rings. The zero-order valence-electron chi connectivity index (χ0n) is 10.8. The molecule has 0 radical (unpaired) electrons. The number of hydrogen-bond acceptors (Lipinski definition) is 4. The number of hydrogen-bond donors (Lipinski definition) is 2. The van der Waals surface area contributed by atoms with Gasteiger partial charge in [0.05, 0.1) is 6.04 Å². The summed E-state index contributed by atoms with van der Waals surface area (Å²) in [5.74, 6) is 0. The van der Waals surface area contributed by atoms with Crippen LogP contribution in [0.15, 0.2) is 16.8 Å². The number of nitrogens with two attached hydrogens (primary N) is 1. The summed E-state index contributed by atoms with van der Waals surface area (Å²) in [6.45, 7) is 7.78. The van der Waals surface area contributed by atoms with Gasteiger partial charge in [0.2, 0.25) is 0 Å². The van der Waals surface area contributed by atoms with Crippen LogP contribution in [-0.4, -0.2) is 28.6 Å². The summed E-state index contributed by atoms with van der Waals surface area (Å²) in [7, 11) is 1.69. The first-order chi connectivity index (χ1) is 7.32. The second-order valence-electron chi connectivity index (χ2n) is 4.53. The molecule has 0 aromatic carbocycles. The fourth-order valence-corrected chi connectivity index (χ4v) is 1.88. The lowest BCUT2D eigenvalue weighted by Gasteiger charge is -2.27. The van der Waals surface area contributed by atoms with Crippen molar-refractivity contribution in [3.8, 4) is 0 Å². The maximum Gasteiger partial charge on any atom is 0.136 e. The largest absolute Gasteiger partial charge is 0.598 e. The van der Waals surface area contributed by atoms with Crippen molar-refractivity contribution in [1.82, 2.24) is 4.72 Å². The smallest absolute Gasteiger partial charge is 0.136 e. The van der Waals surface area contributed by atoms with Crippen molar-refractivity contribution in [2.24, 2.45) is 10.7 Å². The highest BCUT2D eigenvalue weighted by molar-refractivity contribution is 7.90. The van der Waals surface area contributed by atoms with Crippen LogP contribution in [0.5, 0.6) is 0 Å². The first kappa shape index (κ1) is 15.5. The quantitative estimate of drug-likeness (QED) is 0.567. The summed E-state index contributed by atoms with van der Waals surface area (Å²) in [6, 6.07) is -0.0712. The van der Waals surface area contributed by atoms with Gasteiger partial charge in [0.25, 0.3) is 0 Å². The van der Waals surface area contributed by atoms with E-state index in [1.165, 1.54) is 0 Å². The predicted molar refractivity (Wildman–Crippen MR) is 71.8 cm³/mol. The van der Waals surface area contributed by atoms with E-state index in [4.69, 9.17) is 5.73 Å². The van der Waals surface area contributed by atoms with Crippen molar-refractivity contribution in [2.45, 2.75) is 44.9 Å². The lowest BCUT2D eigenvalue weighted by Crippen LogP contribution is -2.46. The van der Waals surface area contributed by atoms with Gasteiger partial charge in [0.1, 0.15) is 4.75 Å². The molecule has 5 heteroatoms. The topological polar surface area (TPSA) is 73.5 Å². The molecular formula is C11H23N3OS. The summed E-state index contributed by atoms with van der Waals surface area (Å²) < 4.78 is 14.6. The van der Waals surface area contributed by atoms with Gasteiger partial charge in [0, 0.05) is 30.3 Å². The van der Waals surface area contributed by atoms with Crippen LogP contribution < -0.4 is 10.5 Å². The molecule has 94 valence electrons. The Bertz CT molecular complexity index is 258. The average molecular weight is 245 g/mol. The average Bonchev–Trinajstić information content (AvgIpc) is 2.20. The Hall–Kier alpha value is -0.520. The molecule has 0 bridgehead atoms. The summed E-state index contributed by atoms with van der Waals surface area (Å²) in [5.41, 5.74) is 6.54. The van der Waals surface area contributed by atoms with Crippen molar-refractivity contribution < 1.29 is 4.55 Å². The van der Waals surface area contributed by atoms with E-state index in [1.54, 1.807) is 19.3 Å². The first-order valence-corrected chi connectivity index (χ1v) is 6.53. The van der Waals surface area contributed by atoms with Crippen molar-refractivity contribution in [3.63, 3.8) is 0 Å². The summed E-state index contributed by atoms with van der Waals surface area (Å²) in [4.78, 5) is 3.84. The van der Waals surface area contributed by atoms with Crippen LogP contribution >= 0.6 is 0 Å². The number of rotatable bonds is 5. The predicted octanol–water partition coefficient (Wildman–Crippen LogP) is 1.36. The second kappa shape index (κ2) is 6.93. The fraction of sp³-hybridized carbons (Fsp3) is 0.727.